The standard InChI is InChI=1S/C28H31ClN4O6S2/c1-18(2)39-25(35)12-6-11-24(34)30-16-19-7-4-8-20(15-19)17-33-21-9-5-10-22(38-3)27(21)28(31-33)32-41(36,37)26-14-13-23(29)40-26/h4-5,7-10,13-15,18H,6,11-12,16-17H2,1-3H3,(H,30,34)(H,31,32). The van der Waals surface area contributed by atoms with Crippen molar-refractivity contribution < 1.29 is 27.5 Å². The Hall–Kier alpha value is -3.61. The predicted molar refractivity (Wildman–Crippen MR) is 159 cm³/mol. The summed E-state index contributed by atoms with van der Waals surface area (Å²) in [4.78, 5) is 23.9. The molecule has 0 spiro atoms. The zero-order valence-corrected chi connectivity index (χ0v) is 25.2. The number of esters is 1. The number of amides is 1. The highest BCUT2D eigenvalue weighted by Gasteiger charge is 2.23. The van der Waals surface area contributed by atoms with Crippen LogP contribution in [0, 0.1) is 0 Å². The lowest BCUT2D eigenvalue weighted by Crippen LogP contribution is -2.23. The van der Waals surface area contributed by atoms with Gasteiger partial charge in [0.2, 0.25) is 5.91 Å². The highest BCUT2D eigenvalue weighted by Crippen LogP contribution is 2.35. The van der Waals surface area contributed by atoms with Crippen molar-refractivity contribution in [3.63, 3.8) is 0 Å². The Labute approximate surface area is 247 Å². The lowest BCUT2D eigenvalue weighted by molar-refractivity contribution is -0.147. The molecule has 1 amide bonds. The average Bonchev–Trinajstić information content (AvgIpc) is 3.51. The van der Waals surface area contributed by atoms with Crippen LogP contribution in [0.5, 0.6) is 5.75 Å². The van der Waals surface area contributed by atoms with Crippen LogP contribution >= 0.6 is 22.9 Å². The molecule has 0 atom stereocenters. The molecule has 0 unspecified atom stereocenters. The van der Waals surface area contributed by atoms with Crippen molar-refractivity contribution in [3.8, 4) is 5.75 Å². The number of aromatic nitrogens is 2. The lowest BCUT2D eigenvalue weighted by atomic mass is 10.1. The number of carbonyl (C=O) groups excluding carboxylic acids is 2. The minimum absolute atomic E-state index is 0.0744. The number of hydrogen-bond donors (Lipinski definition) is 2. The van der Waals surface area contributed by atoms with Crippen LogP contribution in [-0.2, 0) is 37.4 Å². The van der Waals surface area contributed by atoms with Gasteiger partial charge < -0.3 is 14.8 Å². The molecule has 0 radical (unpaired) electrons. The summed E-state index contributed by atoms with van der Waals surface area (Å²) in [7, 11) is -2.41. The number of methoxy groups -OCH3 is 1. The van der Waals surface area contributed by atoms with Gasteiger partial charge in [0.15, 0.2) is 5.82 Å². The Morgan fingerprint density at radius 1 is 1.07 bits per heavy atom. The van der Waals surface area contributed by atoms with E-state index in [9.17, 15) is 18.0 Å². The van der Waals surface area contributed by atoms with E-state index in [4.69, 9.17) is 21.1 Å². The molecule has 0 aliphatic heterocycles. The second kappa shape index (κ2) is 13.4. The molecule has 2 aromatic carbocycles. The summed E-state index contributed by atoms with van der Waals surface area (Å²) < 4.78 is 41.4. The van der Waals surface area contributed by atoms with Crippen molar-refractivity contribution in [1.29, 1.82) is 0 Å². The normalized spacial score (nSPS) is 11.5. The molecular formula is C28H31ClN4O6S2. The number of nitrogens with one attached hydrogen (secondary N) is 2. The number of anilines is 1. The van der Waals surface area contributed by atoms with E-state index in [1.54, 1.807) is 24.6 Å². The number of fused-ring (bicyclic) bond motifs is 1. The lowest BCUT2D eigenvalue weighted by Gasteiger charge is -2.09. The first-order valence-corrected chi connectivity index (χ1v) is 15.6. The highest BCUT2D eigenvalue weighted by atomic mass is 35.5. The number of benzene rings is 2. The molecular weight excluding hydrogens is 588 g/mol. The van der Waals surface area contributed by atoms with Crippen molar-refractivity contribution in [2.24, 2.45) is 0 Å². The van der Waals surface area contributed by atoms with Crippen molar-refractivity contribution in [2.45, 2.75) is 56.5 Å². The van der Waals surface area contributed by atoms with Gasteiger partial charge in [0.25, 0.3) is 10.0 Å². The van der Waals surface area contributed by atoms with Crippen LogP contribution in [0.4, 0.5) is 5.82 Å². The van der Waals surface area contributed by atoms with Gasteiger partial charge in [0.05, 0.1) is 35.0 Å². The van der Waals surface area contributed by atoms with Crippen LogP contribution in [0.25, 0.3) is 10.9 Å². The van der Waals surface area contributed by atoms with Crippen LogP contribution in [0.1, 0.15) is 44.2 Å². The van der Waals surface area contributed by atoms with Crippen molar-refractivity contribution in [2.75, 3.05) is 11.8 Å². The number of rotatable bonds is 13. The smallest absolute Gasteiger partial charge is 0.306 e. The molecule has 4 rings (SSSR count). The van der Waals surface area contributed by atoms with E-state index in [0.717, 1.165) is 22.5 Å². The summed E-state index contributed by atoms with van der Waals surface area (Å²) in [6, 6.07) is 16.0. The molecule has 2 N–H and O–H groups in total. The summed E-state index contributed by atoms with van der Waals surface area (Å²) in [5.41, 5.74) is 2.47. The third-order valence-electron chi connectivity index (χ3n) is 5.97. The second-order valence-corrected chi connectivity index (χ2v) is 13.1. The van der Waals surface area contributed by atoms with Gasteiger partial charge >= 0.3 is 5.97 Å². The molecule has 0 aliphatic carbocycles. The SMILES string of the molecule is COc1cccc2c1c(NS(=O)(=O)c1ccc(Cl)s1)nn2Cc1cccc(CNC(=O)CCCC(=O)OC(C)C)c1. The molecule has 0 saturated carbocycles. The molecule has 0 fully saturated rings. The Morgan fingerprint density at radius 3 is 2.54 bits per heavy atom. The Kier molecular flexibility index (Phi) is 9.90. The summed E-state index contributed by atoms with van der Waals surface area (Å²) in [6.07, 6.45) is 0.665. The van der Waals surface area contributed by atoms with Crippen LogP contribution in [0.3, 0.4) is 0 Å². The van der Waals surface area contributed by atoms with E-state index in [1.807, 2.05) is 36.4 Å². The van der Waals surface area contributed by atoms with Crippen molar-refractivity contribution in [1.82, 2.24) is 15.1 Å². The largest absolute Gasteiger partial charge is 0.496 e. The number of thiophene rings is 1. The summed E-state index contributed by atoms with van der Waals surface area (Å²) in [5, 5.41) is 8.00. The first-order valence-electron chi connectivity index (χ1n) is 12.9. The third kappa shape index (κ3) is 7.99. The molecule has 0 bridgehead atoms. The second-order valence-electron chi connectivity index (χ2n) is 9.51. The van der Waals surface area contributed by atoms with Crippen molar-refractivity contribution in [3.05, 3.63) is 70.1 Å². The fraction of sp³-hybridized carbons (Fsp3) is 0.321. The van der Waals surface area contributed by atoms with Gasteiger partial charge in [-0.05, 0) is 55.7 Å². The van der Waals surface area contributed by atoms with E-state index < -0.39 is 10.0 Å². The number of nitrogens with zero attached hydrogens (tertiary/aromatic N) is 2. The maximum atomic E-state index is 13.0. The maximum Gasteiger partial charge on any atom is 0.306 e. The Bertz CT molecular complexity index is 1650. The van der Waals surface area contributed by atoms with Gasteiger partial charge in [-0.2, -0.15) is 5.10 Å². The maximum absolute atomic E-state index is 13.0. The number of halogens is 1. The molecule has 10 nitrogen and oxygen atoms in total. The predicted octanol–water partition coefficient (Wildman–Crippen LogP) is 5.35. The van der Waals surface area contributed by atoms with Gasteiger partial charge in [-0.3, -0.25) is 19.0 Å². The van der Waals surface area contributed by atoms with Crippen LogP contribution < -0.4 is 14.8 Å². The molecule has 41 heavy (non-hydrogen) atoms. The number of sulfonamides is 1. The molecule has 218 valence electrons. The van der Waals surface area contributed by atoms with Crippen LogP contribution in [0.15, 0.2) is 58.8 Å². The van der Waals surface area contributed by atoms with E-state index in [0.29, 0.717) is 40.5 Å². The van der Waals surface area contributed by atoms with Crippen LogP contribution in [0.2, 0.25) is 4.34 Å². The van der Waals surface area contributed by atoms with Gasteiger partial charge in [0, 0.05) is 19.4 Å². The zero-order valence-electron chi connectivity index (χ0n) is 22.8. The van der Waals surface area contributed by atoms with E-state index in [-0.39, 0.29) is 40.8 Å². The summed E-state index contributed by atoms with van der Waals surface area (Å²) >= 11 is 6.91. The highest BCUT2D eigenvalue weighted by molar-refractivity contribution is 7.94. The summed E-state index contributed by atoms with van der Waals surface area (Å²) in [6.45, 7) is 4.24. The van der Waals surface area contributed by atoms with Gasteiger partial charge in [-0.25, -0.2) is 8.42 Å². The van der Waals surface area contributed by atoms with Crippen LogP contribution in [-0.4, -0.2) is 43.3 Å². The third-order valence-corrected chi connectivity index (χ3v) is 9.03. The monoisotopic (exact) mass is 618 g/mol. The molecule has 0 aliphatic rings. The Morgan fingerprint density at radius 2 is 1.83 bits per heavy atom. The first-order chi connectivity index (χ1) is 19.6. The topological polar surface area (TPSA) is 129 Å². The quantitative estimate of drug-likeness (QED) is 0.193. The number of ether oxygens (including phenoxy) is 2. The van der Waals surface area contributed by atoms with E-state index >= 15 is 0 Å². The number of hydrogen-bond acceptors (Lipinski definition) is 8. The van der Waals surface area contributed by atoms with Gasteiger partial charge in [-0.1, -0.05) is 41.9 Å². The molecule has 2 heterocycles. The fourth-order valence-corrected chi connectivity index (χ4v) is 6.69. The van der Waals surface area contributed by atoms with E-state index in [1.165, 1.54) is 19.2 Å². The first kappa shape index (κ1) is 30.4. The minimum atomic E-state index is -3.92. The molecule has 2 aromatic heterocycles. The Balaban J connectivity index is 1.47. The zero-order chi connectivity index (χ0) is 29.6. The van der Waals surface area contributed by atoms with Gasteiger partial charge in [0.1, 0.15) is 9.96 Å². The molecule has 0 saturated heterocycles. The average molecular weight is 619 g/mol. The number of carbonyl (C=O) groups is 2. The summed E-state index contributed by atoms with van der Waals surface area (Å²) in [5.74, 6) is 0.158. The van der Waals surface area contributed by atoms with Gasteiger partial charge in [-0.15, -0.1) is 11.3 Å². The van der Waals surface area contributed by atoms with Crippen molar-refractivity contribution >= 4 is 61.6 Å². The molecule has 4 aromatic rings. The fourth-order valence-electron chi connectivity index (χ4n) is 4.19. The van der Waals surface area contributed by atoms with E-state index in [2.05, 4.69) is 15.1 Å². The minimum Gasteiger partial charge on any atom is -0.496 e. The molecule has 13 heteroatoms.